The van der Waals surface area contributed by atoms with Crippen LogP contribution in [-0.2, 0) is 11.3 Å². The molecule has 0 saturated carbocycles. The van der Waals surface area contributed by atoms with E-state index in [2.05, 4.69) is 5.32 Å². The number of hydrogen-bond acceptors (Lipinski definition) is 4. The quantitative estimate of drug-likeness (QED) is 0.774. The summed E-state index contributed by atoms with van der Waals surface area (Å²) >= 11 is 0. The number of benzene rings is 2. The Morgan fingerprint density at radius 3 is 2.45 bits per heavy atom. The number of ether oxygens (including phenoxy) is 2. The predicted octanol–water partition coefficient (Wildman–Crippen LogP) is 3.74. The van der Waals surface area contributed by atoms with Crippen molar-refractivity contribution in [2.75, 3.05) is 20.2 Å². The fourth-order valence-corrected chi connectivity index (χ4v) is 3.49. The third-order valence-electron chi connectivity index (χ3n) is 4.96. The maximum absolute atomic E-state index is 12.4. The zero-order valence-electron chi connectivity index (χ0n) is 16.6. The van der Waals surface area contributed by atoms with Gasteiger partial charge in [0.2, 0.25) is 0 Å². The minimum absolute atomic E-state index is 0.169. The molecule has 0 spiro atoms. The summed E-state index contributed by atoms with van der Waals surface area (Å²) in [6, 6.07) is 14.6. The van der Waals surface area contributed by atoms with Crippen LogP contribution >= 0.6 is 0 Å². The van der Waals surface area contributed by atoms with Gasteiger partial charge in [-0.15, -0.1) is 0 Å². The molecule has 1 saturated heterocycles. The van der Waals surface area contributed by atoms with E-state index in [4.69, 9.17) is 9.47 Å². The molecule has 1 heterocycles. The van der Waals surface area contributed by atoms with Crippen molar-refractivity contribution < 1.29 is 24.2 Å². The van der Waals surface area contributed by atoms with Crippen LogP contribution in [0.5, 0.6) is 17.2 Å². The van der Waals surface area contributed by atoms with Crippen LogP contribution in [0, 0.1) is 11.8 Å². The van der Waals surface area contributed by atoms with Crippen molar-refractivity contribution in [3.05, 3.63) is 54.1 Å². The molecule has 3 rings (SSSR count). The molecular formula is C22H26N2O5. The highest BCUT2D eigenvalue weighted by Gasteiger charge is 2.31. The molecule has 0 aliphatic carbocycles. The van der Waals surface area contributed by atoms with E-state index in [0.29, 0.717) is 36.8 Å². The van der Waals surface area contributed by atoms with Crippen molar-refractivity contribution >= 4 is 12.0 Å². The molecule has 2 aromatic carbocycles. The topological polar surface area (TPSA) is 88.1 Å². The number of nitrogens with one attached hydrogen (secondary N) is 1. The lowest BCUT2D eigenvalue weighted by molar-refractivity contribution is -0.143. The second-order valence-corrected chi connectivity index (χ2v) is 7.34. The van der Waals surface area contributed by atoms with Crippen LogP contribution in [0.15, 0.2) is 48.5 Å². The maximum atomic E-state index is 12.4. The molecule has 0 bridgehead atoms. The molecule has 1 aliphatic heterocycles. The number of nitrogens with zero attached hydrogens (tertiary/aromatic N) is 1. The van der Waals surface area contributed by atoms with Crippen molar-refractivity contribution in [2.24, 2.45) is 11.8 Å². The molecule has 1 aliphatic rings. The zero-order valence-corrected chi connectivity index (χ0v) is 16.6. The van der Waals surface area contributed by atoms with E-state index in [1.54, 1.807) is 12.0 Å². The van der Waals surface area contributed by atoms with Crippen LogP contribution in [-0.4, -0.2) is 42.2 Å². The van der Waals surface area contributed by atoms with Crippen molar-refractivity contribution in [3.63, 3.8) is 0 Å². The summed E-state index contributed by atoms with van der Waals surface area (Å²) in [7, 11) is 1.59. The normalized spacial score (nSPS) is 18.8. The number of carbonyl (C=O) groups excluding carboxylic acids is 1. The highest BCUT2D eigenvalue weighted by atomic mass is 16.5. The highest BCUT2D eigenvalue weighted by Crippen LogP contribution is 2.30. The largest absolute Gasteiger partial charge is 0.493 e. The average Bonchev–Trinajstić information content (AvgIpc) is 2.73. The molecule has 2 N–H and O–H groups in total. The molecule has 2 unspecified atom stereocenters. The molecule has 2 amide bonds. The minimum Gasteiger partial charge on any atom is -0.493 e. The number of carbonyl (C=O) groups is 2. The Morgan fingerprint density at radius 1 is 1.10 bits per heavy atom. The number of piperidine rings is 1. The zero-order chi connectivity index (χ0) is 20.8. The number of likely N-dealkylation sites (tertiary alicyclic amines) is 1. The lowest BCUT2D eigenvalue weighted by atomic mass is 9.91. The van der Waals surface area contributed by atoms with Gasteiger partial charge in [-0.1, -0.05) is 31.2 Å². The minimum atomic E-state index is -0.847. The summed E-state index contributed by atoms with van der Waals surface area (Å²) in [4.78, 5) is 25.3. The third-order valence-corrected chi connectivity index (χ3v) is 4.96. The monoisotopic (exact) mass is 398 g/mol. The first-order valence-electron chi connectivity index (χ1n) is 9.61. The number of para-hydroxylation sites is 2. The Morgan fingerprint density at radius 2 is 1.79 bits per heavy atom. The smallest absolute Gasteiger partial charge is 0.317 e. The first-order valence-corrected chi connectivity index (χ1v) is 9.61. The number of rotatable bonds is 6. The van der Waals surface area contributed by atoms with Gasteiger partial charge in [0.05, 0.1) is 13.0 Å². The van der Waals surface area contributed by atoms with E-state index in [1.807, 2.05) is 55.5 Å². The van der Waals surface area contributed by atoms with Gasteiger partial charge >= 0.3 is 12.0 Å². The lowest BCUT2D eigenvalue weighted by Gasteiger charge is -2.34. The number of urea groups is 1. The third kappa shape index (κ3) is 5.40. The number of carboxylic acid groups (broad SMARTS) is 1. The Labute approximate surface area is 170 Å². The fraction of sp³-hybridized carbons (Fsp3) is 0.364. The number of amides is 2. The summed E-state index contributed by atoms with van der Waals surface area (Å²) in [6.07, 6.45) is 0.604. The Bertz CT molecular complexity index is 853. The summed E-state index contributed by atoms with van der Waals surface area (Å²) in [6.45, 7) is 3.14. The molecule has 1 fully saturated rings. The molecule has 2 atom stereocenters. The summed E-state index contributed by atoms with van der Waals surface area (Å²) in [5.74, 6) is 0.763. The number of carboxylic acids is 1. The fourth-order valence-electron chi connectivity index (χ4n) is 3.49. The van der Waals surface area contributed by atoms with Crippen LogP contribution in [0.3, 0.4) is 0 Å². The maximum Gasteiger partial charge on any atom is 0.317 e. The summed E-state index contributed by atoms with van der Waals surface area (Å²) in [5, 5.41) is 12.1. The average molecular weight is 398 g/mol. The molecule has 0 radical (unpaired) electrons. The molecule has 2 aromatic rings. The van der Waals surface area contributed by atoms with Gasteiger partial charge in [0.1, 0.15) is 5.75 Å². The van der Waals surface area contributed by atoms with Crippen LogP contribution in [0.4, 0.5) is 4.79 Å². The first-order chi connectivity index (χ1) is 14.0. The van der Waals surface area contributed by atoms with Gasteiger partial charge in [-0.3, -0.25) is 4.79 Å². The summed E-state index contributed by atoms with van der Waals surface area (Å²) in [5.41, 5.74) is 0.922. The Kier molecular flexibility index (Phi) is 6.59. The van der Waals surface area contributed by atoms with Gasteiger partial charge in [0.25, 0.3) is 0 Å². The van der Waals surface area contributed by atoms with E-state index in [-0.39, 0.29) is 18.5 Å². The van der Waals surface area contributed by atoms with Crippen LogP contribution < -0.4 is 14.8 Å². The van der Waals surface area contributed by atoms with Crippen LogP contribution in [0.1, 0.15) is 18.9 Å². The molecule has 0 aromatic heterocycles. The number of aliphatic carboxylic acids is 1. The Hall–Kier alpha value is -3.22. The van der Waals surface area contributed by atoms with Crippen molar-refractivity contribution in [1.82, 2.24) is 10.2 Å². The molecule has 7 nitrogen and oxygen atoms in total. The number of hydrogen-bond donors (Lipinski definition) is 2. The highest BCUT2D eigenvalue weighted by molar-refractivity contribution is 5.76. The van der Waals surface area contributed by atoms with Crippen LogP contribution in [0.25, 0.3) is 0 Å². The van der Waals surface area contributed by atoms with Gasteiger partial charge in [-0.2, -0.15) is 0 Å². The van der Waals surface area contributed by atoms with Gasteiger partial charge in [0, 0.05) is 19.6 Å². The van der Waals surface area contributed by atoms with Gasteiger partial charge in [-0.05, 0) is 42.2 Å². The summed E-state index contributed by atoms with van der Waals surface area (Å²) < 4.78 is 11.1. The van der Waals surface area contributed by atoms with Gasteiger partial charge in [0.15, 0.2) is 11.5 Å². The van der Waals surface area contributed by atoms with E-state index >= 15 is 0 Å². The van der Waals surface area contributed by atoms with Crippen molar-refractivity contribution in [2.45, 2.75) is 19.9 Å². The molecule has 154 valence electrons. The van der Waals surface area contributed by atoms with E-state index < -0.39 is 11.9 Å². The van der Waals surface area contributed by atoms with Crippen molar-refractivity contribution in [1.29, 1.82) is 0 Å². The molecule has 7 heteroatoms. The van der Waals surface area contributed by atoms with Crippen LogP contribution in [0.2, 0.25) is 0 Å². The second kappa shape index (κ2) is 9.32. The van der Waals surface area contributed by atoms with Gasteiger partial charge in [-0.25, -0.2) is 4.79 Å². The van der Waals surface area contributed by atoms with E-state index in [0.717, 1.165) is 5.56 Å². The predicted molar refractivity (Wildman–Crippen MR) is 108 cm³/mol. The van der Waals surface area contributed by atoms with E-state index in [1.165, 1.54) is 0 Å². The number of methoxy groups -OCH3 is 1. The van der Waals surface area contributed by atoms with Crippen molar-refractivity contribution in [3.8, 4) is 17.2 Å². The molecular weight excluding hydrogens is 372 g/mol. The van der Waals surface area contributed by atoms with E-state index in [9.17, 15) is 14.7 Å². The lowest BCUT2D eigenvalue weighted by Crippen LogP contribution is -2.49. The van der Waals surface area contributed by atoms with Gasteiger partial charge < -0.3 is 24.8 Å². The second-order valence-electron chi connectivity index (χ2n) is 7.34. The first kappa shape index (κ1) is 20.5. The Balaban J connectivity index is 1.54. The standard InChI is InChI=1S/C22H26N2O5/c1-15-11-17(21(25)26)14-24(13-15)22(27)23-12-16-7-9-18(10-8-16)29-20-6-4-3-5-19(20)28-2/h3-10,15,17H,11-14H2,1-2H3,(H,23,27)(H,25,26). The molecule has 29 heavy (non-hydrogen) atoms. The SMILES string of the molecule is COc1ccccc1Oc1ccc(CNC(=O)N2CC(C)CC(C(=O)O)C2)cc1.